The number of rotatable bonds is 5. The number of benzene rings is 2. The van der Waals surface area contributed by atoms with Crippen LogP contribution in [0.15, 0.2) is 48.5 Å². The topological polar surface area (TPSA) is 55.5 Å². The van der Waals surface area contributed by atoms with Crippen molar-refractivity contribution in [2.24, 2.45) is 5.73 Å². The van der Waals surface area contributed by atoms with Crippen LogP contribution in [0.4, 0.5) is 0 Å². The minimum Gasteiger partial charge on any atom is -0.489 e. The van der Waals surface area contributed by atoms with E-state index in [0.717, 1.165) is 11.1 Å². The Hall–Kier alpha value is -1.55. The van der Waals surface area contributed by atoms with Gasteiger partial charge in [0.2, 0.25) is 0 Å². The van der Waals surface area contributed by atoms with Gasteiger partial charge in [-0.2, -0.15) is 0 Å². The van der Waals surface area contributed by atoms with Crippen molar-refractivity contribution in [2.75, 3.05) is 6.61 Å². The van der Waals surface area contributed by atoms with E-state index in [4.69, 9.17) is 22.1 Å². The molecular formula is C17H20ClNO2. The molecule has 3 N–H and O–H groups in total. The van der Waals surface area contributed by atoms with Crippen LogP contribution in [-0.2, 0) is 5.60 Å². The Kier molecular flexibility index (Phi) is 4.88. The van der Waals surface area contributed by atoms with Crippen LogP contribution in [0.2, 0.25) is 5.02 Å². The molecule has 2 aromatic carbocycles. The monoisotopic (exact) mass is 305 g/mol. The molecule has 21 heavy (non-hydrogen) atoms. The maximum absolute atomic E-state index is 10.5. The van der Waals surface area contributed by atoms with E-state index < -0.39 is 5.60 Å². The Morgan fingerprint density at radius 1 is 1.24 bits per heavy atom. The van der Waals surface area contributed by atoms with Gasteiger partial charge in [-0.1, -0.05) is 48.0 Å². The molecule has 0 aliphatic carbocycles. The van der Waals surface area contributed by atoms with Crippen molar-refractivity contribution < 1.29 is 9.84 Å². The SMILES string of the molecule is CC(N)c1ccc(OCC(C)(O)c2ccccc2)c(Cl)c1. The lowest BCUT2D eigenvalue weighted by Crippen LogP contribution is -2.29. The molecule has 2 atom stereocenters. The summed E-state index contributed by atoms with van der Waals surface area (Å²) in [6, 6.07) is 14.8. The maximum atomic E-state index is 10.5. The van der Waals surface area contributed by atoms with E-state index >= 15 is 0 Å². The number of hydrogen-bond acceptors (Lipinski definition) is 3. The van der Waals surface area contributed by atoms with E-state index in [9.17, 15) is 5.11 Å². The molecule has 0 bridgehead atoms. The fourth-order valence-electron chi connectivity index (χ4n) is 2.02. The lowest BCUT2D eigenvalue weighted by atomic mass is 9.97. The van der Waals surface area contributed by atoms with Gasteiger partial charge in [0.1, 0.15) is 18.0 Å². The Bertz CT molecular complexity index is 597. The largest absolute Gasteiger partial charge is 0.489 e. The molecule has 112 valence electrons. The van der Waals surface area contributed by atoms with E-state index in [0.29, 0.717) is 10.8 Å². The van der Waals surface area contributed by atoms with Crippen molar-refractivity contribution in [3.05, 3.63) is 64.7 Å². The minimum absolute atomic E-state index is 0.0797. The molecule has 0 spiro atoms. The summed E-state index contributed by atoms with van der Waals surface area (Å²) < 4.78 is 5.67. The zero-order chi connectivity index (χ0) is 15.5. The molecule has 2 aromatic rings. The third kappa shape index (κ3) is 3.97. The molecule has 0 aliphatic rings. The number of ether oxygens (including phenoxy) is 1. The highest BCUT2D eigenvalue weighted by molar-refractivity contribution is 6.32. The van der Waals surface area contributed by atoms with Crippen molar-refractivity contribution >= 4 is 11.6 Å². The average molecular weight is 306 g/mol. The van der Waals surface area contributed by atoms with Gasteiger partial charge in [0.25, 0.3) is 0 Å². The Morgan fingerprint density at radius 3 is 2.48 bits per heavy atom. The molecule has 4 heteroatoms. The van der Waals surface area contributed by atoms with Crippen molar-refractivity contribution in [1.29, 1.82) is 0 Å². The Morgan fingerprint density at radius 2 is 1.90 bits per heavy atom. The van der Waals surface area contributed by atoms with Gasteiger partial charge in [0.15, 0.2) is 0 Å². The highest BCUT2D eigenvalue weighted by atomic mass is 35.5. The molecule has 0 amide bonds. The van der Waals surface area contributed by atoms with Crippen LogP contribution in [0.1, 0.15) is 31.0 Å². The van der Waals surface area contributed by atoms with Crippen LogP contribution in [0.3, 0.4) is 0 Å². The first-order chi connectivity index (χ1) is 9.90. The molecule has 0 saturated carbocycles. The summed E-state index contributed by atoms with van der Waals surface area (Å²) in [6.45, 7) is 3.73. The second kappa shape index (κ2) is 6.48. The van der Waals surface area contributed by atoms with Gasteiger partial charge in [-0.3, -0.25) is 0 Å². The van der Waals surface area contributed by atoms with Crippen LogP contribution in [0.25, 0.3) is 0 Å². The molecule has 0 saturated heterocycles. The van der Waals surface area contributed by atoms with Crippen LogP contribution >= 0.6 is 11.6 Å². The zero-order valence-electron chi connectivity index (χ0n) is 12.2. The summed E-state index contributed by atoms with van der Waals surface area (Å²) >= 11 is 6.19. The smallest absolute Gasteiger partial charge is 0.138 e. The van der Waals surface area contributed by atoms with E-state index in [1.807, 2.05) is 43.3 Å². The van der Waals surface area contributed by atoms with Gasteiger partial charge in [-0.25, -0.2) is 0 Å². The van der Waals surface area contributed by atoms with E-state index in [2.05, 4.69) is 0 Å². The molecule has 0 radical (unpaired) electrons. The summed E-state index contributed by atoms with van der Waals surface area (Å²) in [7, 11) is 0. The van der Waals surface area contributed by atoms with Crippen LogP contribution in [0.5, 0.6) is 5.75 Å². The standard InChI is InChI=1S/C17H20ClNO2/c1-12(19)13-8-9-16(15(18)10-13)21-11-17(2,20)14-6-4-3-5-7-14/h3-10,12,20H,11,19H2,1-2H3. The first-order valence-corrected chi connectivity index (χ1v) is 7.23. The Labute approximate surface area is 130 Å². The third-order valence-electron chi connectivity index (χ3n) is 3.39. The molecule has 3 nitrogen and oxygen atoms in total. The first kappa shape index (κ1) is 15.8. The number of halogens is 1. The van der Waals surface area contributed by atoms with Crippen molar-refractivity contribution in [2.45, 2.75) is 25.5 Å². The summed E-state index contributed by atoms with van der Waals surface area (Å²) in [4.78, 5) is 0. The molecule has 2 rings (SSSR count). The van der Waals surface area contributed by atoms with Gasteiger partial charge in [0, 0.05) is 6.04 Å². The highest BCUT2D eigenvalue weighted by Crippen LogP contribution is 2.29. The van der Waals surface area contributed by atoms with Gasteiger partial charge >= 0.3 is 0 Å². The molecule has 0 heterocycles. The van der Waals surface area contributed by atoms with Crippen molar-refractivity contribution in [1.82, 2.24) is 0 Å². The van der Waals surface area contributed by atoms with Gasteiger partial charge in [-0.15, -0.1) is 0 Å². The van der Waals surface area contributed by atoms with Crippen LogP contribution in [0, 0.1) is 0 Å². The van der Waals surface area contributed by atoms with Crippen LogP contribution in [-0.4, -0.2) is 11.7 Å². The predicted octanol–water partition coefficient (Wildman–Crippen LogP) is 3.65. The third-order valence-corrected chi connectivity index (χ3v) is 3.68. The summed E-state index contributed by atoms with van der Waals surface area (Å²) in [5.41, 5.74) is 6.48. The quantitative estimate of drug-likeness (QED) is 0.886. The summed E-state index contributed by atoms with van der Waals surface area (Å²) in [5.74, 6) is 0.539. The second-order valence-electron chi connectivity index (χ2n) is 5.41. The molecule has 2 unspecified atom stereocenters. The van der Waals surface area contributed by atoms with E-state index in [1.54, 1.807) is 19.1 Å². The number of nitrogens with two attached hydrogens (primary N) is 1. The summed E-state index contributed by atoms with van der Waals surface area (Å²) in [6.07, 6.45) is 0. The number of hydrogen-bond donors (Lipinski definition) is 2. The number of aliphatic hydroxyl groups is 1. The predicted molar refractivity (Wildman–Crippen MR) is 85.6 cm³/mol. The zero-order valence-corrected chi connectivity index (χ0v) is 13.0. The fourth-order valence-corrected chi connectivity index (χ4v) is 2.26. The van der Waals surface area contributed by atoms with Gasteiger partial charge in [-0.05, 0) is 37.1 Å². The van der Waals surface area contributed by atoms with E-state index in [-0.39, 0.29) is 12.6 Å². The maximum Gasteiger partial charge on any atom is 0.138 e. The minimum atomic E-state index is -1.08. The van der Waals surface area contributed by atoms with Gasteiger partial charge < -0.3 is 15.6 Å². The lowest BCUT2D eigenvalue weighted by molar-refractivity contribution is 0.00763. The summed E-state index contributed by atoms with van der Waals surface area (Å²) in [5, 5.41) is 11.0. The lowest BCUT2D eigenvalue weighted by Gasteiger charge is -2.24. The highest BCUT2D eigenvalue weighted by Gasteiger charge is 2.24. The molecule has 0 aliphatic heterocycles. The second-order valence-corrected chi connectivity index (χ2v) is 5.81. The Balaban J connectivity index is 2.09. The van der Waals surface area contributed by atoms with E-state index in [1.165, 1.54) is 0 Å². The average Bonchev–Trinajstić information content (AvgIpc) is 2.46. The van der Waals surface area contributed by atoms with Gasteiger partial charge in [0.05, 0.1) is 5.02 Å². The van der Waals surface area contributed by atoms with Crippen molar-refractivity contribution in [3.63, 3.8) is 0 Å². The van der Waals surface area contributed by atoms with Crippen molar-refractivity contribution in [3.8, 4) is 5.75 Å². The normalized spacial score (nSPS) is 15.3. The molecular weight excluding hydrogens is 286 g/mol. The van der Waals surface area contributed by atoms with Crippen LogP contribution < -0.4 is 10.5 Å². The molecule has 0 fully saturated rings. The molecule has 0 aromatic heterocycles. The first-order valence-electron chi connectivity index (χ1n) is 6.86. The fraction of sp³-hybridized carbons (Fsp3) is 0.294.